The van der Waals surface area contributed by atoms with E-state index in [0.717, 1.165) is 40.3 Å². The third-order valence-corrected chi connectivity index (χ3v) is 6.00. The Morgan fingerprint density at radius 2 is 1.97 bits per heavy atom. The van der Waals surface area contributed by atoms with Gasteiger partial charge in [0.2, 0.25) is 0 Å². The Hall–Kier alpha value is -3.94. The van der Waals surface area contributed by atoms with Gasteiger partial charge in [-0.15, -0.1) is 0 Å². The van der Waals surface area contributed by atoms with Crippen LogP contribution in [0.25, 0.3) is 44.7 Å². The van der Waals surface area contributed by atoms with Gasteiger partial charge in [0.05, 0.1) is 17.4 Å². The molecule has 31 heavy (non-hydrogen) atoms. The van der Waals surface area contributed by atoms with E-state index in [2.05, 4.69) is 24.9 Å². The van der Waals surface area contributed by atoms with Crippen LogP contribution in [0.4, 0.5) is 10.2 Å². The molecular formula is C23H18FN7. The first-order valence-corrected chi connectivity index (χ1v) is 10.2. The Kier molecular flexibility index (Phi) is 3.92. The molecule has 0 aromatic carbocycles. The highest BCUT2D eigenvalue weighted by molar-refractivity contribution is 5.97. The van der Waals surface area contributed by atoms with E-state index < -0.39 is 5.82 Å². The van der Waals surface area contributed by atoms with Gasteiger partial charge in [-0.3, -0.25) is 9.97 Å². The summed E-state index contributed by atoms with van der Waals surface area (Å²) in [4.78, 5) is 25.5. The number of halogens is 1. The first-order valence-electron chi connectivity index (χ1n) is 10.2. The zero-order chi connectivity index (χ0) is 20.9. The Morgan fingerprint density at radius 3 is 2.77 bits per heavy atom. The average molecular weight is 411 g/mol. The Labute approximate surface area is 176 Å². The summed E-state index contributed by atoms with van der Waals surface area (Å²) in [7, 11) is 0. The molecule has 0 atom stereocenters. The molecule has 1 fully saturated rings. The van der Waals surface area contributed by atoms with Crippen molar-refractivity contribution in [2.24, 2.45) is 0 Å². The molecule has 5 aromatic rings. The minimum atomic E-state index is -0.406. The summed E-state index contributed by atoms with van der Waals surface area (Å²) in [6.07, 6.45) is 10.3. The maximum atomic E-state index is 14.2. The topological polar surface area (TPSA) is 106 Å². The molecule has 0 bridgehead atoms. The summed E-state index contributed by atoms with van der Waals surface area (Å²) in [5.41, 5.74) is 10.4. The van der Waals surface area contributed by atoms with Crippen LogP contribution in [0.5, 0.6) is 0 Å². The van der Waals surface area contributed by atoms with E-state index in [1.54, 1.807) is 24.7 Å². The molecule has 1 aliphatic carbocycles. The lowest BCUT2D eigenvalue weighted by Crippen LogP contribution is -2.11. The van der Waals surface area contributed by atoms with Crippen LogP contribution in [-0.2, 0) is 0 Å². The first-order chi connectivity index (χ1) is 15.2. The Balaban J connectivity index is 1.53. The summed E-state index contributed by atoms with van der Waals surface area (Å²) in [5.74, 6) is 0.996. The van der Waals surface area contributed by atoms with Gasteiger partial charge in [-0.25, -0.2) is 19.3 Å². The highest BCUT2D eigenvalue weighted by atomic mass is 19.1. The molecule has 0 saturated heterocycles. The Bertz CT molecular complexity index is 1460. The molecule has 0 amide bonds. The number of H-pyrrole nitrogens is 1. The van der Waals surface area contributed by atoms with Crippen molar-refractivity contribution in [1.29, 1.82) is 0 Å². The number of hydrogen-bond donors (Lipinski definition) is 2. The third-order valence-electron chi connectivity index (χ3n) is 6.00. The number of nitrogens with two attached hydrogens (primary N) is 1. The van der Waals surface area contributed by atoms with Crippen LogP contribution in [0.3, 0.4) is 0 Å². The second-order valence-corrected chi connectivity index (χ2v) is 7.82. The largest absolute Gasteiger partial charge is 0.383 e. The van der Waals surface area contributed by atoms with Crippen molar-refractivity contribution in [3.63, 3.8) is 0 Å². The predicted octanol–water partition coefficient (Wildman–Crippen LogP) is 4.62. The lowest BCUT2D eigenvalue weighted by atomic mass is 9.79. The molecule has 0 aliphatic heterocycles. The zero-order valence-corrected chi connectivity index (χ0v) is 16.5. The minimum absolute atomic E-state index is 0.236. The average Bonchev–Trinajstić information content (AvgIpc) is 3.17. The van der Waals surface area contributed by atoms with Gasteiger partial charge in [0.15, 0.2) is 11.6 Å². The van der Waals surface area contributed by atoms with E-state index in [4.69, 9.17) is 10.7 Å². The van der Waals surface area contributed by atoms with Crippen LogP contribution in [-0.4, -0.2) is 29.9 Å². The minimum Gasteiger partial charge on any atom is -0.383 e. The molecule has 3 N–H and O–H groups in total. The van der Waals surface area contributed by atoms with Gasteiger partial charge in [0, 0.05) is 34.9 Å². The van der Waals surface area contributed by atoms with E-state index >= 15 is 0 Å². The van der Waals surface area contributed by atoms with Crippen LogP contribution < -0.4 is 5.73 Å². The normalized spacial score (nSPS) is 14.2. The highest BCUT2D eigenvalue weighted by Crippen LogP contribution is 2.41. The fourth-order valence-corrected chi connectivity index (χ4v) is 4.22. The van der Waals surface area contributed by atoms with E-state index in [1.807, 2.05) is 18.3 Å². The summed E-state index contributed by atoms with van der Waals surface area (Å²) < 4.78 is 14.2. The van der Waals surface area contributed by atoms with Gasteiger partial charge >= 0.3 is 0 Å². The van der Waals surface area contributed by atoms with Crippen molar-refractivity contribution in [3.05, 3.63) is 60.4 Å². The van der Waals surface area contributed by atoms with Crippen molar-refractivity contribution >= 4 is 27.8 Å². The first kappa shape index (κ1) is 17.9. The molecule has 152 valence electrons. The molecule has 6 rings (SSSR count). The van der Waals surface area contributed by atoms with Gasteiger partial charge in [0.25, 0.3) is 0 Å². The van der Waals surface area contributed by atoms with Crippen LogP contribution in [0.15, 0.2) is 49.1 Å². The van der Waals surface area contributed by atoms with Crippen LogP contribution in [0.1, 0.15) is 30.7 Å². The fourth-order valence-electron chi connectivity index (χ4n) is 4.22. The molecule has 0 unspecified atom stereocenters. The SMILES string of the molecule is Nc1nc(-c2ccnc3[nH]c(-c4ncccc4F)cc23)nc2cncc(C3CCC3)c12. The van der Waals surface area contributed by atoms with Crippen molar-refractivity contribution in [3.8, 4) is 22.8 Å². The number of aromatic amines is 1. The van der Waals surface area contributed by atoms with E-state index in [9.17, 15) is 4.39 Å². The monoisotopic (exact) mass is 411 g/mol. The van der Waals surface area contributed by atoms with E-state index in [0.29, 0.717) is 28.9 Å². The quantitative estimate of drug-likeness (QED) is 0.449. The van der Waals surface area contributed by atoms with Crippen LogP contribution >= 0.6 is 0 Å². The number of nitrogens with one attached hydrogen (secondary N) is 1. The van der Waals surface area contributed by atoms with Crippen LogP contribution in [0, 0.1) is 5.82 Å². The summed E-state index contributed by atoms with van der Waals surface area (Å²) in [5, 5.41) is 1.66. The maximum absolute atomic E-state index is 14.2. The van der Waals surface area contributed by atoms with E-state index in [-0.39, 0.29) is 5.69 Å². The summed E-state index contributed by atoms with van der Waals surface area (Å²) in [6, 6.07) is 6.58. The molecular weight excluding hydrogens is 393 g/mol. The summed E-state index contributed by atoms with van der Waals surface area (Å²) >= 11 is 0. The van der Waals surface area contributed by atoms with Gasteiger partial charge < -0.3 is 10.7 Å². The molecule has 1 saturated carbocycles. The number of fused-ring (bicyclic) bond motifs is 2. The van der Waals surface area contributed by atoms with Gasteiger partial charge in [-0.2, -0.15) is 0 Å². The maximum Gasteiger partial charge on any atom is 0.163 e. The van der Waals surface area contributed by atoms with Crippen molar-refractivity contribution in [2.75, 3.05) is 5.73 Å². The Morgan fingerprint density at radius 1 is 1.06 bits per heavy atom. The number of nitrogens with zero attached hydrogens (tertiary/aromatic N) is 5. The molecule has 7 nitrogen and oxygen atoms in total. The number of nitrogen functional groups attached to an aromatic ring is 1. The third kappa shape index (κ3) is 2.83. The number of pyridine rings is 3. The predicted molar refractivity (Wildman–Crippen MR) is 117 cm³/mol. The van der Waals surface area contributed by atoms with Gasteiger partial charge in [-0.1, -0.05) is 6.42 Å². The van der Waals surface area contributed by atoms with Crippen molar-refractivity contribution in [2.45, 2.75) is 25.2 Å². The number of hydrogen-bond acceptors (Lipinski definition) is 6. The lowest BCUT2D eigenvalue weighted by molar-refractivity contribution is 0.421. The van der Waals surface area contributed by atoms with Crippen molar-refractivity contribution in [1.82, 2.24) is 29.9 Å². The fraction of sp³-hybridized carbons (Fsp3) is 0.174. The molecule has 0 spiro atoms. The zero-order valence-electron chi connectivity index (χ0n) is 16.5. The second kappa shape index (κ2) is 6.80. The molecule has 5 aromatic heterocycles. The molecule has 0 radical (unpaired) electrons. The van der Waals surface area contributed by atoms with E-state index in [1.165, 1.54) is 12.5 Å². The number of aromatic nitrogens is 6. The van der Waals surface area contributed by atoms with Crippen LogP contribution in [0.2, 0.25) is 0 Å². The summed E-state index contributed by atoms with van der Waals surface area (Å²) in [6.45, 7) is 0. The lowest BCUT2D eigenvalue weighted by Gasteiger charge is -2.26. The smallest absolute Gasteiger partial charge is 0.163 e. The van der Waals surface area contributed by atoms with Gasteiger partial charge in [0.1, 0.15) is 17.2 Å². The number of anilines is 1. The molecule has 1 aliphatic rings. The molecule has 5 heterocycles. The second-order valence-electron chi connectivity index (χ2n) is 7.82. The molecule has 8 heteroatoms. The number of rotatable bonds is 3. The standard InChI is InChI=1S/C23H18FN7/c24-16-5-2-7-27-20(16)17-9-14-13(6-8-28-22(14)29-17)23-30-18-11-26-10-15(12-3-1-4-12)19(18)21(25)31-23/h2,5-12H,1,3-4H2,(H,28,29)(H2,25,30,31). The van der Waals surface area contributed by atoms with Crippen molar-refractivity contribution < 1.29 is 4.39 Å². The van der Waals surface area contributed by atoms with Gasteiger partial charge in [-0.05, 0) is 48.6 Å². The highest BCUT2D eigenvalue weighted by Gasteiger charge is 2.24.